The summed E-state index contributed by atoms with van der Waals surface area (Å²) in [7, 11) is 0. The summed E-state index contributed by atoms with van der Waals surface area (Å²) in [6, 6.07) is 7.12. The second-order valence-electron chi connectivity index (χ2n) is 5.77. The van der Waals surface area contributed by atoms with Crippen molar-refractivity contribution in [3.8, 4) is 0 Å². The number of aliphatic hydroxyl groups is 1. The van der Waals surface area contributed by atoms with E-state index in [0.717, 1.165) is 5.56 Å². The topological polar surface area (TPSA) is 69.6 Å². The van der Waals surface area contributed by atoms with E-state index in [-0.39, 0.29) is 18.1 Å². The lowest BCUT2D eigenvalue weighted by Crippen LogP contribution is -2.40. The van der Waals surface area contributed by atoms with Crippen LogP contribution in [-0.2, 0) is 6.54 Å². The lowest BCUT2D eigenvalue weighted by Gasteiger charge is -2.31. The molecule has 0 amide bonds. The van der Waals surface area contributed by atoms with Gasteiger partial charge in [0.1, 0.15) is 0 Å². The minimum absolute atomic E-state index is 0.0148. The summed E-state index contributed by atoms with van der Waals surface area (Å²) in [5.41, 5.74) is 1.11. The molecule has 3 N–H and O–H groups in total. The van der Waals surface area contributed by atoms with Gasteiger partial charge in [-0.05, 0) is 23.5 Å². The van der Waals surface area contributed by atoms with Gasteiger partial charge in [0.05, 0.1) is 5.56 Å². The summed E-state index contributed by atoms with van der Waals surface area (Å²) in [6.45, 7) is 6.91. The number of hydrogen-bond donors (Lipinski definition) is 3. The molecule has 4 nitrogen and oxygen atoms in total. The number of benzene rings is 1. The number of rotatable bonds is 6. The first kappa shape index (κ1) is 15.7. The van der Waals surface area contributed by atoms with Gasteiger partial charge in [-0.1, -0.05) is 39.0 Å². The lowest BCUT2D eigenvalue weighted by molar-refractivity contribution is 0.0695. The largest absolute Gasteiger partial charge is 0.478 e. The molecule has 0 aliphatic heterocycles. The van der Waals surface area contributed by atoms with Crippen LogP contribution in [0.3, 0.4) is 0 Å². The van der Waals surface area contributed by atoms with E-state index in [2.05, 4.69) is 26.1 Å². The molecule has 1 aromatic carbocycles. The summed E-state index contributed by atoms with van der Waals surface area (Å²) < 4.78 is 0. The zero-order valence-corrected chi connectivity index (χ0v) is 11.8. The number of carboxylic acid groups (broad SMARTS) is 1. The molecule has 0 fully saturated rings. The van der Waals surface area contributed by atoms with Gasteiger partial charge in [-0.15, -0.1) is 0 Å². The minimum atomic E-state index is -0.910. The molecule has 106 valence electrons. The highest BCUT2D eigenvalue weighted by atomic mass is 16.4. The highest BCUT2D eigenvalue weighted by Crippen LogP contribution is 2.22. The van der Waals surface area contributed by atoms with Gasteiger partial charge in [-0.3, -0.25) is 0 Å². The van der Waals surface area contributed by atoms with Gasteiger partial charge in [-0.25, -0.2) is 4.79 Å². The number of aliphatic hydroxyl groups excluding tert-OH is 1. The SMILES string of the molecule is CC(C)(C)C(CCO)NCc1ccccc1C(=O)O. The Morgan fingerprint density at radius 3 is 2.47 bits per heavy atom. The Bertz CT molecular complexity index is 424. The van der Waals surface area contributed by atoms with Crippen LogP contribution in [0.2, 0.25) is 0 Å². The van der Waals surface area contributed by atoms with Gasteiger partial charge in [0.2, 0.25) is 0 Å². The zero-order chi connectivity index (χ0) is 14.5. The van der Waals surface area contributed by atoms with Crippen molar-refractivity contribution in [3.63, 3.8) is 0 Å². The summed E-state index contributed by atoms with van der Waals surface area (Å²) in [5.74, 6) is -0.910. The molecule has 1 atom stereocenters. The third kappa shape index (κ3) is 4.65. The van der Waals surface area contributed by atoms with Crippen molar-refractivity contribution < 1.29 is 15.0 Å². The van der Waals surface area contributed by atoms with Crippen LogP contribution in [-0.4, -0.2) is 28.8 Å². The van der Waals surface area contributed by atoms with E-state index in [1.807, 2.05) is 12.1 Å². The predicted molar refractivity (Wildman–Crippen MR) is 75.2 cm³/mol. The first-order valence-corrected chi connectivity index (χ1v) is 6.51. The molecule has 0 aliphatic carbocycles. The Morgan fingerprint density at radius 1 is 1.32 bits per heavy atom. The van der Waals surface area contributed by atoms with Crippen LogP contribution in [0.1, 0.15) is 43.1 Å². The Kier molecular flexibility index (Phi) is 5.51. The predicted octanol–water partition coefficient (Wildman–Crippen LogP) is 2.27. The van der Waals surface area contributed by atoms with E-state index < -0.39 is 5.97 Å². The van der Waals surface area contributed by atoms with Gasteiger partial charge in [0.25, 0.3) is 0 Å². The van der Waals surface area contributed by atoms with Crippen molar-refractivity contribution in [2.24, 2.45) is 5.41 Å². The summed E-state index contributed by atoms with van der Waals surface area (Å²) >= 11 is 0. The Morgan fingerprint density at radius 2 is 1.95 bits per heavy atom. The molecule has 0 saturated carbocycles. The smallest absolute Gasteiger partial charge is 0.336 e. The lowest BCUT2D eigenvalue weighted by atomic mass is 9.84. The Balaban J connectivity index is 2.77. The first-order chi connectivity index (χ1) is 8.86. The molecule has 0 heterocycles. The minimum Gasteiger partial charge on any atom is -0.478 e. The van der Waals surface area contributed by atoms with E-state index >= 15 is 0 Å². The fraction of sp³-hybridized carbons (Fsp3) is 0.533. The molecule has 0 radical (unpaired) electrons. The van der Waals surface area contributed by atoms with E-state index in [1.165, 1.54) is 0 Å². The van der Waals surface area contributed by atoms with E-state index in [9.17, 15) is 4.79 Å². The molecule has 1 unspecified atom stereocenters. The molecule has 1 rings (SSSR count). The van der Waals surface area contributed by atoms with Crippen LogP contribution in [0.25, 0.3) is 0 Å². The van der Waals surface area contributed by atoms with Crippen molar-refractivity contribution in [2.45, 2.75) is 39.8 Å². The molecule has 0 bridgehead atoms. The summed E-state index contributed by atoms with van der Waals surface area (Å²) in [6.07, 6.45) is 0.652. The second kappa shape index (κ2) is 6.68. The molecule has 0 aliphatic rings. The van der Waals surface area contributed by atoms with Crippen LogP contribution < -0.4 is 5.32 Å². The first-order valence-electron chi connectivity index (χ1n) is 6.51. The van der Waals surface area contributed by atoms with Gasteiger partial charge >= 0.3 is 5.97 Å². The fourth-order valence-electron chi connectivity index (χ4n) is 2.09. The van der Waals surface area contributed by atoms with Crippen LogP contribution in [0.15, 0.2) is 24.3 Å². The molecular formula is C15H23NO3. The molecule has 19 heavy (non-hydrogen) atoms. The van der Waals surface area contributed by atoms with Crippen LogP contribution >= 0.6 is 0 Å². The molecule has 0 saturated heterocycles. The number of hydrogen-bond acceptors (Lipinski definition) is 3. The van der Waals surface area contributed by atoms with Gasteiger partial charge in [0.15, 0.2) is 0 Å². The average Bonchev–Trinajstić information content (AvgIpc) is 2.33. The molecular weight excluding hydrogens is 242 g/mol. The maximum atomic E-state index is 11.1. The van der Waals surface area contributed by atoms with Crippen LogP contribution in [0.5, 0.6) is 0 Å². The van der Waals surface area contributed by atoms with Crippen LogP contribution in [0, 0.1) is 5.41 Å². The van der Waals surface area contributed by atoms with Gasteiger partial charge < -0.3 is 15.5 Å². The third-order valence-electron chi connectivity index (χ3n) is 3.25. The molecule has 0 spiro atoms. The van der Waals surface area contributed by atoms with Crippen LogP contribution in [0.4, 0.5) is 0 Å². The van der Waals surface area contributed by atoms with Crippen molar-refractivity contribution in [3.05, 3.63) is 35.4 Å². The molecule has 4 heteroatoms. The highest BCUT2D eigenvalue weighted by Gasteiger charge is 2.23. The monoisotopic (exact) mass is 265 g/mol. The number of carboxylic acids is 1. The van der Waals surface area contributed by atoms with Crippen molar-refractivity contribution in [1.82, 2.24) is 5.32 Å². The van der Waals surface area contributed by atoms with Gasteiger partial charge in [-0.2, -0.15) is 0 Å². The fourth-order valence-corrected chi connectivity index (χ4v) is 2.09. The Hall–Kier alpha value is -1.39. The van der Waals surface area contributed by atoms with Crippen molar-refractivity contribution in [2.75, 3.05) is 6.61 Å². The third-order valence-corrected chi connectivity index (χ3v) is 3.25. The van der Waals surface area contributed by atoms with E-state index in [0.29, 0.717) is 18.5 Å². The van der Waals surface area contributed by atoms with Crippen molar-refractivity contribution in [1.29, 1.82) is 0 Å². The molecule has 0 aromatic heterocycles. The average molecular weight is 265 g/mol. The highest BCUT2D eigenvalue weighted by molar-refractivity contribution is 5.89. The zero-order valence-electron chi connectivity index (χ0n) is 11.8. The van der Waals surface area contributed by atoms with E-state index in [4.69, 9.17) is 10.2 Å². The number of nitrogens with one attached hydrogen (secondary N) is 1. The summed E-state index contributed by atoms with van der Waals surface area (Å²) in [5, 5.41) is 21.6. The number of carbonyl (C=O) groups is 1. The Labute approximate surface area is 114 Å². The standard InChI is InChI=1S/C15H23NO3/c1-15(2,3)13(8-9-17)16-10-11-6-4-5-7-12(11)14(18)19/h4-7,13,16-17H,8-10H2,1-3H3,(H,18,19). The maximum absolute atomic E-state index is 11.1. The maximum Gasteiger partial charge on any atom is 0.336 e. The van der Waals surface area contributed by atoms with E-state index in [1.54, 1.807) is 12.1 Å². The number of aromatic carboxylic acids is 1. The normalized spacial score (nSPS) is 13.3. The van der Waals surface area contributed by atoms with Gasteiger partial charge in [0, 0.05) is 19.2 Å². The summed E-state index contributed by atoms with van der Waals surface area (Å²) in [4.78, 5) is 11.1. The molecule has 1 aromatic rings. The van der Waals surface area contributed by atoms with Crippen molar-refractivity contribution >= 4 is 5.97 Å². The second-order valence-corrected chi connectivity index (χ2v) is 5.77. The quantitative estimate of drug-likeness (QED) is 0.738.